The van der Waals surface area contributed by atoms with Crippen LogP contribution in [0, 0.1) is 0 Å². The van der Waals surface area contributed by atoms with E-state index in [1.54, 1.807) is 5.38 Å². The lowest BCUT2D eigenvalue weighted by molar-refractivity contribution is -0.124. The second kappa shape index (κ2) is 7.37. The van der Waals surface area contributed by atoms with E-state index in [9.17, 15) is 9.59 Å². The van der Waals surface area contributed by atoms with E-state index in [0.29, 0.717) is 0 Å². The number of nitrogens with one attached hydrogen (secondary N) is 1. The molecule has 0 unspecified atom stereocenters. The molecule has 6 heteroatoms. The predicted octanol–water partition coefficient (Wildman–Crippen LogP) is 3.03. The van der Waals surface area contributed by atoms with E-state index in [2.05, 4.69) is 10.3 Å². The molecule has 0 atom stereocenters. The first-order valence-corrected chi connectivity index (χ1v) is 8.58. The van der Waals surface area contributed by atoms with Gasteiger partial charge in [-0.15, -0.1) is 11.3 Å². The van der Waals surface area contributed by atoms with Crippen LogP contribution in [0.5, 0.6) is 0 Å². The first-order chi connectivity index (χ1) is 11.2. The van der Waals surface area contributed by atoms with Crippen LogP contribution in [0.4, 0.5) is 0 Å². The summed E-state index contributed by atoms with van der Waals surface area (Å²) < 4.78 is 5.04. The molecule has 1 heterocycles. The summed E-state index contributed by atoms with van der Waals surface area (Å²) in [7, 11) is 0. The van der Waals surface area contributed by atoms with Crippen LogP contribution in [-0.4, -0.2) is 29.5 Å². The number of aromatic nitrogens is 1. The first-order valence-electron chi connectivity index (χ1n) is 7.70. The number of benzene rings is 1. The van der Waals surface area contributed by atoms with Crippen molar-refractivity contribution in [2.24, 2.45) is 0 Å². The lowest BCUT2D eigenvalue weighted by Gasteiger charge is -2.11. The average Bonchev–Trinajstić information content (AvgIpc) is 3.25. The van der Waals surface area contributed by atoms with E-state index in [-0.39, 0.29) is 24.2 Å². The number of nitrogens with zero attached hydrogens (tertiary/aromatic N) is 1. The molecule has 0 saturated heterocycles. The second-order valence-corrected chi connectivity index (χ2v) is 6.39. The molecule has 120 valence electrons. The van der Waals surface area contributed by atoms with Gasteiger partial charge in [-0.05, 0) is 12.8 Å². The van der Waals surface area contributed by atoms with Gasteiger partial charge in [0.2, 0.25) is 0 Å². The molecule has 0 spiro atoms. The summed E-state index contributed by atoms with van der Waals surface area (Å²) in [5.74, 6) is -0.811. The fourth-order valence-corrected chi connectivity index (χ4v) is 3.42. The maximum absolute atomic E-state index is 12.0. The molecule has 1 aliphatic rings. The summed E-state index contributed by atoms with van der Waals surface area (Å²) in [6.07, 6.45) is 4.30. The van der Waals surface area contributed by atoms with Gasteiger partial charge in [0.25, 0.3) is 5.91 Å². The number of amides is 1. The van der Waals surface area contributed by atoms with Gasteiger partial charge >= 0.3 is 5.97 Å². The number of hydrogen-bond donors (Lipinski definition) is 1. The average molecular weight is 330 g/mol. The highest BCUT2D eigenvalue weighted by molar-refractivity contribution is 7.13. The molecular weight excluding hydrogens is 312 g/mol. The van der Waals surface area contributed by atoms with Gasteiger partial charge in [0, 0.05) is 17.0 Å². The van der Waals surface area contributed by atoms with Gasteiger partial charge in [-0.1, -0.05) is 43.2 Å². The Kier molecular flexibility index (Phi) is 5.02. The van der Waals surface area contributed by atoms with Gasteiger partial charge < -0.3 is 10.1 Å². The van der Waals surface area contributed by atoms with Crippen LogP contribution in [0.25, 0.3) is 10.6 Å². The summed E-state index contributed by atoms with van der Waals surface area (Å²) in [5.41, 5.74) is 1.19. The van der Waals surface area contributed by atoms with E-state index < -0.39 is 5.97 Å². The number of esters is 1. The monoisotopic (exact) mass is 330 g/mol. The van der Waals surface area contributed by atoms with E-state index in [4.69, 9.17) is 4.74 Å². The van der Waals surface area contributed by atoms with Crippen LogP contribution in [-0.2, 0) is 9.53 Å². The zero-order valence-electron chi connectivity index (χ0n) is 12.7. The summed E-state index contributed by atoms with van der Waals surface area (Å²) in [6.45, 7) is -0.256. The zero-order valence-corrected chi connectivity index (χ0v) is 13.5. The Bertz CT molecular complexity index is 678. The van der Waals surface area contributed by atoms with Gasteiger partial charge in [0.1, 0.15) is 5.01 Å². The maximum atomic E-state index is 12.0. The normalized spacial score (nSPS) is 14.6. The first kappa shape index (κ1) is 15.7. The van der Waals surface area contributed by atoms with Crippen molar-refractivity contribution in [1.29, 1.82) is 0 Å². The van der Waals surface area contributed by atoms with Gasteiger partial charge in [0.15, 0.2) is 12.3 Å². The number of rotatable bonds is 5. The molecule has 1 aliphatic carbocycles. The van der Waals surface area contributed by atoms with Crippen LogP contribution in [0.15, 0.2) is 35.7 Å². The Hall–Kier alpha value is -2.21. The van der Waals surface area contributed by atoms with Gasteiger partial charge in [-0.3, -0.25) is 4.79 Å². The molecule has 0 radical (unpaired) electrons. The molecule has 5 nitrogen and oxygen atoms in total. The van der Waals surface area contributed by atoms with Crippen molar-refractivity contribution >= 4 is 23.2 Å². The van der Waals surface area contributed by atoms with Gasteiger partial charge in [-0.2, -0.15) is 0 Å². The fourth-order valence-electron chi connectivity index (χ4n) is 2.63. The Morgan fingerprint density at radius 2 is 1.96 bits per heavy atom. The lowest BCUT2D eigenvalue weighted by Crippen LogP contribution is -2.35. The SMILES string of the molecule is O=C(COC(=O)c1csc(-c2ccccc2)n1)NC1CCCC1. The number of ether oxygens (including phenoxy) is 1. The van der Waals surface area contributed by atoms with E-state index in [1.807, 2.05) is 30.3 Å². The van der Waals surface area contributed by atoms with Crippen molar-refractivity contribution in [3.05, 3.63) is 41.4 Å². The largest absolute Gasteiger partial charge is 0.451 e. The van der Waals surface area contributed by atoms with Gasteiger partial charge in [-0.25, -0.2) is 9.78 Å². The maximum Gasteiger partial charge on any atom is 0.358 e. The lowest BCUT2D eigenvalue weighted by atomic mass is 10.2. The smallest absolute Gasteiger partial charge is 0.358 e. The molecule has 2 aromatic rings. The molecule has 1 saturated carbocycles. The third-order valence-electron chi connectivity index (χ3n) is 3.79. The summed E-state index contributed by atoms with van der Waals surface area (Å²) in [4.78, 5) is 28.0. The highest BCUT2D eigenvalue weighted by atomic mass is 32.1. The molecule has 1 aromatic carbocycles. The quantitative estimate of drug-likeness (QED) is 0.856. The minimum Gasteiger partial charge on any atom is -0.451 e. The van der Waals surface area contributed by atoms with Crippen molar-refractivity contribution in [2.45, 2.75) is 31.7 Å². The highest BCUT2D eigenvalue weighted by Crippen LogP contribution is 2.23. The Balaban J connectivity index is 1.52. The number of carbonyl (C=O) groups is 2. The highest BCUT2D eigenvalue weighted by Gasteiger charge is 2.19. The van der Waals surface area contributed by atoms with Crippen LogP contribution < -0.4 is 5.32 Å². The number of carbonyl (C=O) groups excluding carboxylic acids is 2. The summed E-state index contributed by atoms with van der Waals surface area (Å²) in [6, 6.07) is 9.86. The van der Waals surface area contributed by atoms with E-state index in [1.165, 1.54) is 11.3 Å². The standard InChI is InChI=1S/C17H18N2O3S/c20-15(18-13-8-4-5-9-13)10-22-17(21)14-11-23-16(19-14)12-6-2-1-3-7-12/h1-3,6-7,11,13H,4-5,8-10H2,(H,18,20). The summed E-state index contributed by atoms with van der Waals surface area (Å²) >= 11 is 1.38. The Morgan fingerprint density at radius 3 is 2.70 bits per heavy atom. The minimum atomic E-state index is -0.565. The van der Waals surface area contributed by atoms with Gasteiger partial charge in [0.05, 0.1) is 0 Å². The fraction of sp³-hybridized carbons (Fsp3) is 0.353. The van der Waals surface area contributed by atoms with Crippen molar-refractivity contribution in [1.82, 2.24) is 10.3 Å². The molecule has 1 fully saturated rings. The second-order valence-electron chi connectivity index (χ2n) is 5.53. The van der Waals surface area contributed by atoms with Crippen LogP contribution >= 0.6 is 11.3 Å². The molecule has 1 aromatic heterocycles. The third kappa shape index (κ3) is 4.16. The van der Waals surface area contributed by atoms with E-state index in [0.717, 1.165) is 36.3 Å². The third-order valence-corrected chi connectivity index (χ3v) is 4.68. The number of thiazole rings is 1. The van der Waals surface area contributed by atoms with Crippen molar-refractivity contribution in [2.75, 3.05) is 6.61 Å². The van der Waals surface area contributed by atoms with Crippen LogP contribution in [0.2, 0.25) is 0 Å². The minimum absolute atomic E-state index is 0.227. The van der Waals surface area contributed by atoms with Crippen LogP contribution in [0.3, 0.4) is 0 Å². The zero-order chi connectivity index (χ0) is 16.1. The topological polar surface area (TPSA) is 68.3 Å². The van der Waals surface area contributed by atoms with Crippen molar-refractivity contribution in [3.8, 4) is 10.6 Å². The van der Waals surface area contributed by atoms with Crippen molar-refractivity contribution < 1.29 is 14.3 Å². The molecule has 0 aliphatic heterocycles. The Labute approximate surface area is 138 Å². The van der Waals surface area contributed by atoms with E-state index >= 15 is 0 Å². The van der Waals surface area contributed by atoms with Crippen molar-refractivity contribution in [3.63, 3.8) is 0 Å². The molecule has 0 bridgehead atoms. The molecule has 23 heavy (non-hydrogen) atoms. The molecular formula is C17H18N2O3S. The molecule has 1 amide bonds. The van der Waals surface area contributed by atoms with Crippen LogP contribution in [0.1, 0.15) is 36.2 Å². The molecule has 3 rings (SSSR count). The predicted molar refractivity (Wildman–Crippen MR) is 88.2 cm³/mol. The summed E-state index contributed by atoms with van der Waals surface area (Å²) in [5, 5.41) is 5.29. The number of hydrogen-bond acceptors (Lipinski definition) is 5. The Morgan fingerprint density at radius 1 is 1.22 bits per heavy atom. The molecule has 1 N–H and O–H groups in total.